The van der Waals surface area contributed by atoms with Crippen molar-refractivity contribution in [3.05, 3.63) is 35.6 Å². The molecule has 0 aromatic heterocycles. The molecule has 1 saturated carbocycles. The molecule has 4 heteroatoms. The van der Waals surface area contributed by atoms with Crippen LogP contribution in [-0.4, -0.2) is 11.5 Å². The fraction of sp³-hybridized carbons (Fsp3) is 0.500. The van der Waals surface area contributed by atoms with Crippen LogP contribution in [0.4, 0.5) is 4.39 Å². The van der Waals surface area contributed by atoms with Crippen LogP contribution in [0.2, 0.25) is 0 Å². The Morgan fingerprint density at radius 3 is 2.39 bits per heavy atom. The number of hydrogen-bond donors (Lipinski definition) is 1. The molecule has 0 aliphatic heterocycles. The van der Waals surface area contributed by atoms with Crippen LogP contribution in [-0.2, 0) is 11.3 Å². The first-order valence-electron chi connectivity index (χ1n) is 6.43. The van der Waals surface area contributed by atoms with Crippen LogP contribution in [0.25, 0.3) is 0 Å². The Labute approximate surface area is 106 Å². The molecule has 1 aromatic carbocycles. The van der Waals surface area contributed by atoms with Crippen LogP contribution in [0.15, 0.2) is 24.3 Å². The quantitative estimate of drug-likeness (QED) is 0.839. The SMILES string of the molecule is O=C([O-])C1([NH2+]Cc2ccc(F)cc2)CCCCC1. The summed E-state index contributed by atoms with van der Waals surface area (Å²) < 4.78 is 12.8. The predicted octanol–water partition coefficient (Wildman–Crippen LogP) is 0.342. The Morgan fingerprint density at radius 2 is 1.83 bits per heavy atom. The van der Waals surface area contributed by atoms with Crippen molar-refractivity contribution < 1.29 is 19.6 Å². The van der Waals surface area contributed by atoms with Crippen molar-refractivity contribution in [2.24, 2.45) is 0 Å². The van der Waals surface area contributed by atoms with Crippen molar-refractivity contribution in [1.82, 2.24) is 0 Å². The van der Waals surface area contributed by atoms with Gasteiger partial charge in [-0.2, -0.15) is 0 Å². The van der Waals surface area contributed by atoms with Gasteiger partial charge in [0, 0.05) is 18.4 Å². The third-order valence-corrected chi connectivity index (χ3v) is 3.79. The Hall–Kier alpha value is -1.42. The van der Waals surface area contributed by atoms with Crippen molar-refractivity contribution in [3.8, 4) is 0 Å². The Bertz CT molecular complexity index is 410. The number of nitrogens with two attached hydrogens (primary N) is 1. The molecule has 0 atom stereocenters. The van der Waals surface area contributed by atoms with Gasteiger partial charge in [0.15, 0.2) is 0 Å². The predicted molar refractivity (Wildman–Crippen MR) is 62.9 cm³/mol. The second kappa shape index (κ2) is 5.48. The summed E-state index contributed by atoms with van der Waals surface area (Å²) in [5.74, 6) is -1.24. The van der Waals surface area contributed by atoms with Crippen LogP contribution in [0.3, 0.4) is 0 Å². The molecule has 2 rings (SSSR count). The number of carbonyl (C=O) groups excluding carboxylic acids is 1. The van der Waals surface area contributed by atoms with Gasteiger partial charge in [-0.1, -0.05) is 18.6 Å². The summed E-state index contributed by atoms with van der Waals surface area (Å²) in [5.41, 5.74) is 0.148. The number of hydrogen-bond acceptors (Lipinski definition) is 2. The molecule has 0 amide bonds. The molecule has 0 radical (unpaired) electrons. The summed E-state index contributed by atoms with van der Waals surface area (Å²) in [6, 6.07) is 6.18. The molecule has 0 heterocycles. The fourth-order valence-electron chi connectivity index (χ4n) is 2.61. The summed E-state index contributed by atoms with van der Waals surface area (Å²) >= 11 is 0. The zero-order valence-electron chi connectivity index (χ0n) is 10.3. The average Bonchev–Trinajstić information content (AvgIpc) is 2.39. The molecule has 1 fully saturated rings. The van der Waals surface area contributed by atoms with E-state index in [-0.39, 0.29) is 5.82 Å². The van der Waals surface area contributed by atoms with Gasteiger partial charge in [0.2, 0.25) is 0 Å². The second-order valence-electron chi connectivity index (χ2n) is 5.04. The molecule has 0 spiro atoms. The first-order chi connectivity index (χ1) is 8.62. The van der Waals surface area contributed by atoms with E-state index in [9.17, 15) is 14.3 Å². The molecule has 1 aliphatic rings. The van der Waals surface area contributed by atoms with E-state index in [1.165, 1.54) is 12.1 Å². The lowest BCUT2D eigenvalue weighted by Gasteiger charge is -2.35. The van der Waals surface area contributed by atoms with Gasteiger partial charge >= 0.3 is 0 Å². The first-order valence-corrected chi connectivity index (χ1v) is 6.43. The fourth-order valence-corrected chi connectivity index (χ4v) is 2.61. The summed E-state index contributed by atoms with van der Waals surface area (Å²) in [6.45, 7) is 0.550. The maximum absolute atomic E-state index is 12.8. The van der Waals surface area contributed by atoms with Gasteiger partial charge in [-0.15, -0.1) is 0 Å². The van der Waals surface area contributed by atoms with Crippen molar-refractivity contribution in [2.75, 3.05) is 0 Å². The van der Waals surface area contributed by atoms with Crippen LogP contribution in [0.1, 0.15) is 37.7 Å². The Balaban J connectivity index is 2.01. The molecular formula is C14H18FNO2. The normalized spacial score (nSPS) is 18.5. The van der Waals surface area contributed by atoms with Gasteiger partial charge < -0.3 is 15.2 Å². The van der Waals surface area contributed by atoms with Gasteiger partial charge in [-0.3, -0.25) is 0 Å². The smallest absolute Gasteiger partial charge is 0.136 e. The molecule has 0 saturated heterocycles. The topological polar surface area (TPSA) is 56.7 Å². The van der Waals surface area contributed by atoms with Gasteiger partial charge in [-0.05, 0) is 25.0 Å². The van der Waals surface area contributed by atoms with Crippen LogP contribution in [0, 0.1) is 5.82 Å². The van der Waals surface area contributed by atoms with Crippen LogP contribution in [0.5, 0.6) is 0 Å². The number of rotatable bonds is 4. The van der Waals surface area contributed by atoms with E-state index in [0.717, 1.165) is 24.8 Å². The minimum atomic E-state index is -0.968. The van der Waals surface area contributed by atoms with E-state index >= 15 is 0 Å². The maximum atomic E-state index is 12.8. The number of aliphatic carboxylic acids is 1. The van der Waals surface area contributed by atoms with Crippen molar-refractivity contribution in [2.45, 2.75) is 44.2 Å². The lowest BCUT2D eigenvalue weighted by atomic mass is 9.81. The number of carboxylic acid groups (broad SMARTS) is 1. The van der Waals surface area contributed by atoms with Crippen molar-refractivity contribution >= 4 is 5.97 Å². The highest BCUT2D eigenvalue weighted by molar-refractivity contribution is 5.74. The van der Waals surface area contributed by atoms with E-state index in [4.69, 9.17) is 0 Å². The summed E-state index contributed by atoms with van der Waals surface area (Å²) in [5, 5.41) is 13.2. The molecule has 1 aliphatic carbocycles. The zero-order chi connectivity index (χ0) is 13.0. The standard InChI is InChI=1S/C14H18FNO2/c15-12-6-4-11(5-7-12)10-16-14(13(17)18)8-2-1-3-9-14/h4-7,16H,1-3,8-10H2,(H,17,18). The number of halogens is 1. The minimum Gasteiger partial charge on any atom is -0.544 e. The van der Waals surface area contributed by atoms with Gasteiger partial charge in [0.25, 0.3) is 0 Å². The van der Waals surface area contributed by atoms with Gasteiger partial charge in [-0.25, -0.2) is 4.39 Å². The van der Waals surface area contributed by atoms with E-state index < -0.39 is 11.5 Å². The van der Waals surface area contributed by atoms with E-state index in [1.54, 1.807) is 12.1 Å². The Morgan fingerprint density at radius 1 is 1.22 bits per heavy atom. The van der Waals surface area contributed by atoms with Gasteiger partial charge in [0.05, 0.1) is 0 Å². The number of benzene rings is 1. The average molecular weight is 251 g/mol. The summed E-state index contributed by atoms with van der Waals surface area (Å²) in [7, 11) is 0. The molecular weight excluding hydrogens is 233 g/mol. The number of carboxylic acids is 1. The third kappa shape index (κ3) is 2.88. The molecule has 2 N–H and O–H groups in total. The van der Waals surface area contributed by atoms with E-state index in [2.05, 4.69) is 0 Å². The highest BCUT2D eigenvalue weighted by atomic mass is 19.1. The van der Waals surface area contributed by atoms with Crippen molar-refractivity contribution in [3.63, 3.8) is 0 Å². The molecule has 98 valence electrons. The molecule has 0 bridgehead atoms. The Kier molecular flexibility index (Phi) is 3.97. The minimum absolute atomic E-state index is 0.272. The lowest BCUT2D eigenvalue weighted by Crippen LogP contribution is -2.99. The van der Waals surface area contributed by atoms with Crippen LogP contribution >= 0.6 is 0 Å². The highest BCUT2D eigenvalue weighted by Crippen LogP contribution is 2.24. The monoisotopic (exact) mass is 251 g/mol. The maximum Gasteiger partial charge on any atom is 0.136 e. The molecule has 1 aromatic rings. The molecule has 18 heavy (non-hydrogen) atoms. The van der Waals surface area contributed by atoms with Crippen molar-refractivity contribution in [1.29, 1.82) is 0 Å². The second-order valence-corrected chi connectivity index (χ2v) is 5.04. The van der Waals surface area contributed by atoms with Gasteiger partial charge in [0.1, 0.15) is 23.9 Å². The number of carbonyl (C=O) groups is 1. The lowest BCUT2D eigenvalue weighted by molar-refractivity contribution is -0.736. The highest BCUT2D eigenvalue weighted by Gasteiger charge is 2.36. The third-order valence-electron chi connectivity index (χ3n) is 3.79. The first kappa shape index (κ1) is 13.0. The molecule has 0 unspecified atom stereocenters. The number of quaternary nitrogens is 1. The van der Waals surface area contributed by atoms with E-state index in [0.29, 0.717) is 19.4 Å². The molecule has 3 nitrogen and oxygen atoms in total. The summed E-state index contributed by atoms with van der Waals surface area (Å²) in [4.78, 5) is 11.3. The summed E-state index contributed by atoms with van der Waals surface area (Å²) in [6.07, 6.45) is 4.30. The largest absolute Gasteiger partial charge is 0.544 e. The van der Waals surface area contributed by atoms with E-state index in [1.807, 2.05) is 5.32 Å². The zero-order valence-corrected chi connectivity index (χ0v) is 10.3. The van der Waals surface area contributed by atoms with Crippen LogP contribution < -0.4 is 10.4 Å².